The first-order valence-electron chi connectivity index (χ1n) is 12.9. The highest BCUT2D eigenvalue weighted by molar-refractivity contribution is 5.94. The second kappa shape index (κ2) is 14.2. The number of carboxylic acids is 1. The predicted octanol–water partition coefficient (Wildman–Crippen LogP) is 3.39. The van der Waals surface area contributed by atoms with Crippen molar-refractivity contribution < 1.29 is 46.6 Å². The second-order valence-corrected chi connectivity index (χ2v) is 9.75. The molecule has 3 N–H and O–H groups in total. The topological polar surface area (TPSA) is 144 Å². The van der Waals surface area contributed by atoms with Gasteiger partial charge in [-0.3, -0.25) is 24.0 Å². The van der Waals surface area contributed by atoms with E-state index in [0.29, 0.717) is 5.56 Å². The predicted molar refractivity (Wildman–Crippen MR) is 144 cm³/mol. The Hall–Kier alpha value is -5.01. The fourth-order valence-electron chi connectivity index (χ4n) is 4.15. The Morgan fingerprint density at radius 1 is 0.953 bits per heavy atom. The van der Waals surface area contributed by atoms with Crippen molar-refractivity contribution in [2.75, 3.05) is 11.9 Å². The highest BCUT2D eigenvalue weighted by atomic mass is 19.2. The lowest BCUT2D eigenvalue weighted by Gasteiger charge is -2.25. The minimum atomic E-state index is -1.92. The van der Waals surface area contributed by atoms with Gasteiger partial charge in [0.05, 0.1) is 12.8 Å². The molecule has 1 heterocycles. The Labute approximate surface area is 242 Å². The summed E-state index contributed by atoms with van der Waals surface area (Å²) in [6.07, 6.45) is 0.243. The number of amides is 2. The van der Waals surface area contributed by atoms with E-state index in [-0.39, 0.29) is 18.2 Å². The van der Waals surface area contributed by atoms with Crippen molar-refractivity contribution >= 4 is 29.3 Å². The molecule has 0 fully saturated rings. The summed E-state index contributed by atoms with van der Waals surface area (Å²) >= 11 is 0. The number of benzene rings is 2. The molecule has 0 spiro atoms. The van der Waals surface area contributed by atoms with Crippen LogP contribution in [0.4, 0.5) is 23.2 Å². The number of nitrogens with one attached hydrogen (secondary N) is 2. The zero-order valence-electron chi connectivity index (χ0n) is 22.9. The molecule has 0 aliphatic rings. The molecule has 1 unspecified atom stereocenters. The molecule has 2 aromatic carbocycles. The van der Waals surface area contributed by atoms with Crippen molar-refractivity contribution in [3.05, 3.63) is 93.9 Å². The SMILES string of the molecule is CC(C)C(C(=O)N[C@@H](CC(=O)O)C(=O)COc1c(F)c(F)cc(F)c1F)n1cccc(NC(=O)Cc2ccccc2)c1=O. The van der Waals surface area contributed by atoms with Gasteiger partial charge in [0, 0.05) is 12.3 Å². The molecule has 0 saturated heterocycles. The van der Waals surface area contributed by atoms with Gasteiger partial charge in [0.1, 0.15) is 24.4 Å². The molecule has 1 aromatic heterocycles. The number of aliphatic carboxylic acids is 1. The van der Waals surface area contributed by atoms with Crippen LogP contribution >= 0.6 is 0 Å². The minimum absolute atomic E-state index is 0.0274. The van der Waals surface area contributed by atoms with E-state index in [1.54, 1.807) is 44.2 Å². The standard InChI is InChI=1S/C29H27F4N3O7/c1-15(2)26(36-10-6-9-19(29(36)42)34-22(38)11-16-7-4-3-5-8-16)28(41)35-20(13-23(39)40)21(37)14-43-27-24(32)17(30)12-18(31)25(27)33/h3-10,12,15,20,26H,11,13-14H2,1-2H3,(H,34,38)(H,35,41)(H,39,40)/t20-,26?/m0/s1. The largest absolute Gasteiger partial charge is 0.481 e. The summed E-state index contributed by atoms with van der Waals surface area (Å²) in [6, 6.07) is 8.26. The van der Waals surface area contributed by atoms with Crippen LogP contribution in [0.5, 0.6) is 5.75 Å². The highest BCUT2D eigenvalue weighted by Gasteiger charge is 2.32. The third-order valence-electron chi connectivity index (χ3n) is 6.17. The smallest absolute Gasteiger partial charge is 0.305 e. The number of carboxylic acid groups (broad SMARTS) is 1. The van der Waals surface area contributed by atoms with Gasteiger partial charge < -0.3 is 25.0 Å². The number of Topliss-reactive ketones (excluding diaryl/α,β-unsaturated/α-hetero) is 1. The molecule has 10 nitrogen and oxygen atoms in total. The number of nitrogens with zero attached hydrogens (tertiary/aromatic N) is 1. The quantitative estimate of drug-likeness (QED) is 0.200. The first-order chi connectivity index (χ1) is 20.3. The summed E-state index contributed by atoms with van der Waals surface area (Å²) in [5, 5.41) is 14.0. The molecule has 2 atom stereocenters. The van der Waals surface area contributed by atoms with Crippen molar-refractivity contribution in [3.8, 4) is 5.75 Å². The van der Waals surface area contributed by atoms with Crippen LogP contribution in [0.3, 0.4) is 0 Å². The zero-order chi connectivity index (χ0) is 31.8. The van der Waals surface area contributed by atoms with Crippen LogP contribution in [0.1, 0.15) is 31.9 Å². The van der Waals surface area contributed by atoms with Crippen LogP contribution in [-0.4, -0.2) is 45.9 Å². The average Bonchev–Trinajstić information content (AvgIpc) is 2.93. The Morgan fingerprint density at radius 3 is 2.16 bits per heavy atom. The van der Waals surface area contributed by atoms with Gasteiger partial charge in [-0.2, -0.15) is 8.78 Å². The Bertz CT molecular complexity index is 1550. The van der Waals surface area contributed by atoms with E-state index in [0.717, 1.165) is 4.57 Å². The van der Waals surface area contributed by atoms with E-state index in [4.69, 9.17) is 0 Å². The molecule has 0 aliphatic carbocycles. The number of halogens is 4. The van der Waals surface area contributed by atoms with Gasteiger partial charge in [0.15, 0.2) is 23.2 Å². The lowest BCUT2D eigenvalue weighted by Crippen LogP contribution is -2.49. The van der Waals surface area contributed by atoms with E-state index < -0.39 is 89.2 Å². The fraction of sp³-hybridized carbons (Fsp3) is 0.276. The fourth-order valence-corrected chi connectivity index (χ4v) is 4.15. The molecule has 3 aromatic rings. The summed E-state index contributed by atoms with van der Waals surface area (Å²) in [5.74, 6) is -13.8. The monoisotopic (exact) mass is 605 g/mol. The van der Waals surface area contributed by atoms with E-state index in [1.165, 1.54) is 18.3 Å². The van der Waals surface area contributed by atoms with Crippen LogP contribution in [0.25, 0.3) is 0 Å². The maximum absolute atomic E-state index is 13.9. The number of anilines is 1. The van der Waals surface area contributed by atoms with Gasteiger partial charge in [0.2, 0.25) is 23.4 Å². The number of carbonyl (C=O) groups is 4. The number of carbonyl (C=O) groups excluding carboxylic acids is 3. The number of rotatable bonds is 13. The van der Waals surface area contributed by atoms with E-state index in [9.17, 15) is 46.6 Å². The third-order valence-corrected chi connectivity index (χ3v) is 6.17. The third kappa shape index (κ3) is 8.27. The van der Waals surface area contributed by atoms with Crippen LogP contribution in [0.15, 0.2) is 59.5 Å². The summed E-state index contributed by atoms with van der Waals surface area (Å²) in [7, 11) is 0. The van der Waals surface area contributed by atoms with Gasteiger partial charge in [0.25, 0.3) is 5.56 Å². The number of pyridine rings is 1. The Kier molecular flexibility index (Phi) is 10.8. The maximum Gasteiger partial charge on any atom is 0.305 e. The summed E-state index contributed by atoms with van der Waals surface area (Å²) in [6.45, 7) is 1.88. The van der Waals surface area contributed by atoms with Crippen molar-refractivity contribution in [1.29, 1.82) is 0 Å². The summed E-state index contributed by atoms with van der Waals surface area (Å²) in [5.41, 5.74) is -0.206. The lowest BCUT2D eigenvalue weighted by molar-refractivity contribution is -0.141. The highest BCUT2D eigenvalue weighted by Crippen LogP contribution is 2.26. The van der Waals surface area contributed by atoms with Gasteiger partial charge in [-0.25, -0.2) is 8.78 Å². The number of hydrogen-bond acceptors (Lipinski definition) is 6. The molecular weight excluding hydrogens is 578 g/mol. The first kappa shape index (κ1) is 32.5. The second-order valence-electron chi connectivity index (χ2n) is 9.75. The summed E-state index contributed by atoms with van der Waals surface area (Å²) < 4.78 is 60.4. The average molecular weight is 606 g/mol. The zero-order valence-corrected chi connectivity index (χ0v) is 22.9. The lowest BCUT2D eigenvalue weighted by atomic mass is 10.0. The van der Waals surface area contributed by atoms with E-state index in [2.05, 4.69) is 15.4 Å². The number of ketones is 1. The molecular formula is C29H27F4N3O7. The molecule has 14 heteroatoms. The minimum Gasteiger partial charge on any atom is -0.481 e. The Morgan fingerprint density at radius 2 is 1.58 bits per heavy atom. The van der Waals surface area contributed by atoms with E-state index in [1.807, 2.05) is 0 Å². The van der Waals surface area contributed by atoms with Gasteiger partial charge >= 0.3 is 5.97 Å². The van der Waals surface area contributed by atoms with Gasteiger partial charge in [-0.1, -0.05) is 44.2 Å². The molecule has 228 valence electrons. The van der Waals surface area contributed by atoms with Crippen LogP contribution in [-0.2, 0) is 25.6 Å². The molecule has 2 amide bonds. The van der Waals surface area contributed by atoms with Gasteiger partial charge in [-0.15, -0.1) is 0 Å². The number of hydrogen-bond donors (Lipinski definition) is 3. The molecule has 0 radical (unpaired) electrons. The van der Waals surface area contributed by atoms with Crippen molar-refractivity contribution in [3.63, 3.8) is 0 Å². The van der Waals surface area contributed by atoms with Crippen LogP contribution in [0.2, 0.25) is 0 Å². The van der Waals surface area contributed by atoms with Crippen molar-refractivity contribution in [1.82, 2.24) is 9.88 Å². The first-order valence-corrected chi connectivity index (χ1v) is 12.9. The molecule has 0 bridgehead atoms. The number of ether oxygens (including phenoxy) is 1. The normalized spacial score (nSPS) is 12.3. The van der Waals surface area contributed by atoms with Crippen LogP contribution in [0, 0.1) is 29.2 Å². The Balaban J connectivity index is 1.80. The number of aromatic nitrogens is 1. The van der Waals surface area contributed by atoms with Crippen LogP contribution < -0.4 is 20.9 Å². The molecule has 0 aliphatic heterocycles. The van der Waals surface area contributed by atoms with Crippen molar-refractivity contribution in [2.24, 2.45) is 5.92 Å². The summed E-state index contributed by atoms with van der Waals surface area (Å²) in [4.78, 5) is 63.2. The van der Waals surface area contributed by atoms with Gasteiger partial charge in [-0.05, 0) is 23.6 Å². The van der Waals surface area contributed by atoms with E-state index >= 15 is 0 Å². The maximum atomic E-state index is 13.9. The van der Waals surface area contributed by atoms with Crippen molar-refractivity contribution in [2.45, 2.75) is 38.8 Å². The molecule has 43 heavy (non-hydrogen) atoms. The molecule has 3 rings (SSSR count). The molecule has 0 saturated carbocycles.